The van der Waals surface area contributed by atoms with Gasteiger partial charge in [0.25, 0.3) is 0 Å². The van der Waals surface area contributed by atoms with Gasteiger partial charge in [0, 0.05) is 6.20 Å². The minimum absolute atomic E-state index is 0.134. The van der Waals surface area contributed by atoms with Crippen LogP contribution in [-0.2, 0) is 4.74 Å². The van der Waals surface area contributed by atoms with Crippen molar-refractivity contribution < 1.29 is 9.53 Å². The van der Waals surface area contributed by atoms with E-state index in [2.05, 4.69) is 25.9 Å². The lowest BCUT2D eigenvalue weighted by Crippen LogP contribution is -2.13. The molecule has 0 aliphatic carbocycles. The van der Waals surface area contributed by atoms with Crippen molar-refractivity contribution in [1.29, 1.82) is 0 Å². The van der Waals surface area contributed by atoms with E-state index in [1.165, 1.54) is 6.20 Å². The van der Waals surface area contributed by atoms with E-state index in [0.29, 0.717) is 16.0 Å². The number of ether oxygens (including phenoxy) is 1. The quantitative estimate of drug-likeness (QED) is 0.603. The van der Waals surface area contributed by atoms with Gasteiger partial charge in [0.15, 0.2) is 4.73 Å². The van der Waals surface area contributed by atoms with Crippen LogP contribution < -0.4 is 0 Å². The SMILES string of the molecule is Cc1nc(Br)ncc1C(=O)OC(C)C. The molecule has 0 aliphatic heterocycles. The average molecular weight is 259 g/mol. The summed E-state index contributed by atoms with van der Waals surface area (Å²) in [5.74, 6) is -0.384. The predicted octanol–water partition coefficient (Wildman–Crippen LogP) is 2.11. The summed E-state index contributed by atoms with van der Waals surface area (Å²) >= 11 is 3.12. The molecule has 0 N–H and O–H groups in total. The first-order valence-corrected chi connectivity index (χ1v) is 5.00. The number of hydrogen-bond donors (Lipinski definition) is 0. The van der Waals surface area contributed by atoms with Crippen LogP contribution in [0.1, 0.15) is 29.9 Å². The first-order valence-electron chi connectivity index (χ1n) is 4.21. The summed E-state index contributed by atoms with van der Waals surface area (Å²) in [6.07, 6.45) is 1.32. The Morgan fingerprint density at radius 1 is 1.57 bits per heavy atom. The maximum Gasteiger partial charge on any atom is 0.341 e. The summed E-state index contributed by atoms with van der Waals surface area (Å²) in [5.41, 5.74) is 1.01. The Bertz CT molecular complexity index is 353. The summed E-state index contributed by atoms with van der Waals surface area (Å²) in [5, 5.41) is 0. The second kappa shape index (κ2) is 4.50. The highest BCUT2D eigenvalue weighted by atomic mass is 79.9. The van der Waals surface area contributed by atoms with Gasteiger partial charge >= 0.3 is 5.97 Å². The number of aryl methyl sites for hydroxylation is 1. The molecule has 0 aliphatic rings. The van der Waals surface area contributed by atoms with Crippen molar-refractivity contribution in [2.45, 2.75) is 26.9 Å². The van der Waals surface area contributed by atoms with E-state index in [4.69, 9.17) is 4.74 Å². The molecule has 1 aromatic rings. The van der Waals surface area contributed by atoms with Gasteiger partial charge in [-0.2, -0.15) is 0 Å². The zero-order valence-corrected chi connectivity index (χ0v) is 9.83. The highest BCUT2D eigenvalue weighted by molar-refractivity contribution is 9.10. The molecule has 1 heterocycles. The molecule has 1 aromatic heterocycles. The smallest absolute Gasteiger partial charge is 0.341 e. The summed E-state index contributed by atoms with van der Waals surface area (Å²) in [6, 6.07) is 0. The van der Waals surface area contributed by atoms with Gasteiger partial charge in [-0.15, -0.1) is 0 Å². The van der Waals surface area contributed by atoms with Crippen LogP contribution in [-0.4, -0.2) is 22.0 Å². The summed E-state index contributed by atoms with van der Waals surface area (Å²) < 4.78 is 5.49. The number of carbonyl (C=O) groups excluding carboxylic acids is 1. The fourth-order valence-corrected chi connectivity index (χ4v) is 1.29. The Morgan fingerprint density at radius 2 is 2.21 bits per heavy atom. The third kappa shape index (κ3) is 2.77. The molecule has 0 spiro atoms. The molecule has 0 amide bonds. The van der Waals surface area contributed by atoms with Crippen LogP contribution >= 0.6 is 15.9 Å². The number of esters is 1. The molecule has 1 rings (SSSR count). The fraction of sp³-hybridized carbons (Fsp3) is 0.444. The van der Waals surface area contributed by atoms with E-state index < -0.39 is 0 Å². The van der Waals surface area contributed by atoms with Crippen LogP contribution in [0.15, 0.2) is 10.9 Å². The third-order valence-corrected chi connectivity index (χ3v) is 1.89. The van der Waals surface area contributed by atoms with Crippen molar-refractivity contribution in [2.24, 2.45) is 0 Å². The first kappa shape index (κ1) is 11.1. The zero-order valence-electron chi connectivity index (χ0n) is 8.24. The molecule has 0 atom stereocenters. The molecule has 0 saturated heterocycles. The number of hydrogen-bond acceptors (Lipinski definition) is 4. The van der Waals surface area contributed by atoms with E-state index in [9.17, 15) is 4.79 Å². The average Bonchev–Trinajstić information content (AvgIpc) is 2.01. The lowest BCUT2D eigenvalue weighted by atomic mass is 10.2. The van der Waals surface area contributed by atoms with Gasteiger partial charge < -0.3 is 4.74 Å². The van der Waals surface area contributed by atoms with Crippen LogP contribution in [0, 0.1) is 6.92 Å². The second-order valence-corrected chi connectivity index (χ2v) is 3.80. The Morgan fingerprint density at radius 3 is 2.71 bits per heavy atom. The molecule has 0 fully saturated rings. The Labute approximate surface area is 90.8 Å². The van der Waals surface area contributed by atoms with Crippen molar-refractivity contribution in [3.8, 4) is 0 Å². The standard InChI is InChI=1S/C9H11BrN2O2/c1-5(2)14-8(13)7-4-11-9(10)12-6(7)3/h4-5H,1-3H3. The highest BCUT2D eigenvalue weighted by Gasteiger charge is 2.13. The highest BCUT2D eigenvalue weighted by Crippen LogP contribution is 2.10. The van der Waals surface area contributed by atoms with Gasteiger partial charge in [0.05, 0.1) is 17.4 Å². The molecule has 5 heteroatoms. The summed E-state index contributed by atoms with van der Waals surface area (Å²) in [4.78, 5) is 19.3. The molecule has 0 aromatic carbocycles. The van der Waals surface area contributed by atoms with Gasteiger partial charge in [-0.25, -0.2) is 14.8 Å². The van der Waals surface area contributed by atoms with Crippen molar-refractivity contribution in [3.05, 3.63) is 22.2 Å². The molecule has 4 nitrogen and oxygen atoms in total. The second-order valence-electron chi connectivity index (χ2n) is 3.09. The molecular weight excluding hydrogens is 248 g/mol. The number of rotatable bonds is 2. The van der Waals surface area contributed by atoms with Crippen molar-refractivity contribution in [2.75, 3.05) is 0 Å². The molecule has 76 valence electrons. The third-order valence-electron chi connectivity index (χ3n) is 1.51. The normalized spacial score (nSPS) is 10.4. The lowest BCUT2D eigenvalue weighted by Gasteiger charge is -2.08. The van der Waals surface area contributed by atoms with Crippen molar-refractivity contribution in [3.63, 3.8) is 0 Å². The van der Waals surface area contributed by atoms with Gasteiger partial charge in [0.2, 0.25) is 0 Å². The summed E-state index contributed by atoms with van der Waals surface area (Å²) in [6.45, 7) is 5.34. The summed E-state index contributed by atoms with van der Waals surface area (Å²) in [7, 11) is 0. The number of halogens is 1. The van der Waals surface area contributed by atoms with E-state index in [1.807, 2.05) is 0 Å². The van der Waals surface area contributed by atoms with E-state index in [1.54, 1.807) is 20.8 Å². The molecule has 0 unspecified atom stereocenters. The monoisotopic (exact) mass is 258 g/mol. The molecule has 0 saturated carbocycles. The van der Waals surface area contributed by atoms with E-state index in [0.717, 1.165) is 0 Å². The predicted molar refractivity (Wildman–Crippen MR) is 55.0 cm³/mol. The van der Waals surface area contributed by atoms with Crippen molar-refractivity contribution >= 4 is 21.9 Å². The molecular formula is C9H11BrN2O2. The topological polar surface area (TPSA) is 52.1 Å². The number of carbonyl (C=O) groups is 1. The minimum atomic E-state index is -0.384. The first-order chi connectivity index (χ1) is 6.50. The molecule has 0 bridgehead atoms. The number of aromatic nitrogens is 2. The van der Waals surface area contributed by atoms with E-state index in [-0.39, 0.29) is 12.1 Å². The van der Waals surface area contributed by atoms with E-state index >= 15 is 0 Å². The molecule has 14 heavy (non-hydrogen) atoms. The van der Waals surface area contributed by atoms with Crippen molar-refractivity contribution in [1.82, 2.24) is 9.97 Å². The Kier molecular flexibility index (Phi) is 3.57. The Balaban J connectivity index is 2.90. The Hall–Kier alpha value is -0.970. The van der Waals surface area contributed by atoms with Crippen LogP contribution in [0.25, 0.3) is 0 Å². The van der Waals surface area contributed by atoms with Gasteiger partial charge in [-0.1, -0.05) is 0 Å². The van der Waals surface area contributed by atoms with Crippen LogP contribution in [0.2, 0.25) is 0 Å². The lowest BCUT2D eigenvalue weighted by molar-refractivity contribution is 0.0376. The van der Waals surface area contributed by atoms with Gasteiger partial charge in [-0.05, 0) is 36.7 Å². The number of nitrogens with zero attached hydrogens (tertiary/aromatic N) is 2. The fourth-order valence-electron chi connectivity index (χ4n) is 0.917. The van der Waals surface area contributed by atoms with Gasteiger partial charge in [-0.3, -0.25) is 0 Å². The maximum atomic E-state index is 11.5. The maximum absolute atomic E-state index is 11.5. The van der Waals surface area contributed by atoms with Crippen LogP contribution in [0.4, 0.5) is 0 Å². The molecule has 0 radical (unpaired) electrons. The van der Waals surface area contributed by atoms with Crippen LogP contribution in [0.5, 0.6) is 0 Å². The van der Waals surface area contributed by atoms with Crippen LogP contribution in [0.3, 0.4) is 0 Å². The minimum Gasteiger partial charge on any atom is -0.459 e. The largest absolute Gasteiger partial charge is 0.459 e. The zero-order chi connectivity index (χ0) is 10.7. The van der Waals surface area contributed by atoms with Gasteiger partial charge in [0.1, 0.15) is 0 Å².